The highest BCUT2D eigenvalue weighted by molar-refractivity contribution is 6.03. The second kappa shape index (κ2) is 6.69. The molecule has 0 aromatic heterocycles. The standard InChI is InChI=1S/C16H11NO7/c18-14(9-4-2-1-3-5-9)7-10-6-11(15(19)20)12(16(21)22)8-13(10)17(23)24/h1-6,8H,7H2,(H,19,20)(H,21,22). The number of ketones is 1. The van der Waals surface area contributed by atoms with Gasteiger partial charge in [-0.3, -0.25) is 14.9 Å². The van der Waals surface area contributed by atoms with Crippen molar-refractivity contribution >= 4 is 23.4 Å². The smallest absolute Gasteiger partial charge is 0.336 e. The molecule has 0 amide bonds. The Kier molecular flexibility index (Phi) is 4.69. The van der Waals surface area contributed by atoms with Crippen LogP contribution in [-0.2, 0) is 6.42 Å². The van der Waals surface area contributed by atoms with Gasteiger partial charge in [0.15, 0.2) is 5.78 Å². The number of rotatable bonds is 6. The number of nitro benzene ring substituents is 1. The molecule has 0 radical (unpaired) electrons. The van der Waals surface area contributed by atoms with E-state index in [0.717, 1.165) is 6.07 Å². The van der Waals surface area contributed by atoms with Crippen molar-refractivity contribution in [2.75, 3.05) is 0 Å². The second-order valence-corrected chi connectivity index (χ2v) is 4.86. The lowest BCUT2D eigenvalue weighted by Gasteiger charge is -2.07. The van der Waals surface area contributed by atoms with Gasteiger partial charge < -0.3 is 10.2 Å². The second-order valence-electron chi connectivity index (χ2n) is 4.86. The topological polar surface area (TPSA) is 135 Å². The Balaban J connectivity index is 2.54. The van der Waals surface area contributed by atoms with E-state index >= 15 is 0 Å². The molecule has 0 heterocycles. The van der Waals surface area contributed by atoms with E-state index in [1.54, 1.807) is 18.2 Å². The van der Waals surface area contributed by atoms with Crippen molar-refractivity contribution in [3.63, 3.8) is 0 Å². The Bertz CT molecular complexity index is 843. The summed E-state index contributed by atoms with van der Waals surface area (Å²) in [5.74, 6) is -3.59. The van der Waals surface area contributed by atoms with Gasteiger partial charge in [0.2, 0.25) is 0 Å². The highest BCUT2D eigenvalue weighted by Crippen LogP contribution is 2.26. The first-order valence-corrected chi connectivity index (χ1v) is 6.67. The number of benzene rings is 2. The average Bonchev–Trinajstić information content (AvgIpc) is 2.54. The summed E-state index contributed by atoms with van der Waals surface area (Å²) in [6.07, 6.45) is -0.416. The fourth-order valence-corrected chi connectivity index (χ4v) is 2.20. The molecule has 8 nitrogen and oxygen atoms in total. The lowest BCUT2D eigenvalue weighted by atomic mass is 9.96. The van der Waals surface area contributed by atoms with Gasteiger partial charge in [-0.25, -0.2) is 9.59 Å². The molecule has 0 aliphatic rings. The van der Waals surface area contributed by atoms with Crippen molar-refractivity contribution < 1.29 is 29.5 Å². The molecule has 0 saturated carbocycles. The lowest BCUT2D eigenvalue weighted by Crippen LogP contribution is -2.13. The highest BCUT2D eigenvalue weighted by atomic mass is 16.6. The molecule has 0 aliphatic heterocycles. The molecule has 8 heteroatoms. The molecular weight excluding hydrogens is 318 g/mol. The number of nitrogens with zero attached hydrogens (tertiary/aromatic N) is 1. The van der Waals surface area contributed by atoms with Crippen LogP contribution in [0.4, 0.5) is 5.69 Å². The van der Waals surface area contributed by atoms with Crippen molar-refractivity contribution in [2.24, 2.45) is 0 Å². The van der Waals surface area contributed by atoms with Crippen LogP contribution >= 0.6 is 0 Å². The molecule has 0 spiro atoms. The van der Waals surface area contributed by atoms with Crippen LogP contribution in [0.5, 0.6) is 0 Å². The fourth-order valence-electron chi connectivity index (χ4n) is 2.20. The van der Waals surface area contributed by atoms with Crippen LogP contribution < -0.4 is 0 Å². The molecule has 0 atom stereocenters. The number of carboxylic acids is 2. The first-order valence-electron chi connectivity index (χ1n) is 6.67. The van der Waals surface area contributed by atoms with Gasteiger partial charge in [0.1, 0.15) is 0 Å². The monoisotopic (exact) mass is 329 g/mol. The normalized spacial score (nSPS) is 10.2. The van der Waals surface area contributed by atoms with Gasteiger partial charge in [0.05, 0.1) is 16.1 Å². The zero-order chi connectivity index (χ0) is 17.9. The van der Waals surface area contributed by atoms with Crippen LogP contribution in [0.15, 0.2) is 42.5 Å². The van der Waals surface area contributed by atoms with Crippen LogP contribution in [0.1, 0.15) is 36.6 Å². The number of nitro groups is 1. The van der Waals surface area contributed by atoms with E-state index in [9.17, 15) is 24.5 Å². The number of carboxylic acid groups (broad SMARTS) is 2. The predicted octanol–water partition coefficient (Wildman–Crippen LogP) is 2.42. The minimum atomic E-state index is -1.60. The van der Waals surface area contributed by atoms with Gasteiger partial charge in [-0.2, -0.15) is 0 Å². The molecule has 2 aromatic rings. The van der Waals surface area contributed by atoms with Crippen LogP contribution in [0.25, 0.3) is 0 Å². The van der Waals surface area contributed by atoms with Gasteiger partial charge in [-0.05, 0) is 6.07 Å². The van der Waals surface area contributed by atoms with E-state index in [1.807, 2.05) is 0 Å². The zero-order valence-corrected chi connectivity index (χ0v) is 12.1. The predicted molar refractivity (Wildman–Crippen MR) is 81.5 cm³/mol. The fraction of sp³-hybridized carbons (Fsp3) is 0.0625. The Labute approximate surface area is 135 Å². The van der Waals surface area contributed by atoms with Crippen molar-refractivity contribution in [2.45, 2.75) is 6.42 Å². The largest absolute Gasteiger partial charge is 0.478 e. The maximum absolute atomic E-state index is 12.2. The summed E-state index contributed by atoms with van der Waals surface area (Å²) >= 11 is 0. The first-order chi connectivity index (χ1) is 11.3. The van der Waals surface area contributed by atoms with Gasteiger partial charge in [-0.15, -0.1) is 0 Å². The molecule has 2 rings (SSSR count). The van der Waals surface area contributed by atoms with Gasteiger partial charge in [-0.1, -0.05) is 30.3 Å². The average molecular weight is 329 g/mol. The molecule has 122 valence electrons. The van der Waals surface area contributed by atoms with Crippen LogP contribution in [0.2, 0.25) is 0 Å². The number of Topliss-reactive ketones (excluding diaryl/α,β-unsaturated/α-hetero) is 1. The van der Waals surface area contributed by atoms with Crippen molar-refractivity contribution in [3.05, 3.63) is 74.8 Å². The molecular formula is C16H11NO7. The molecule has 0 unspecified atom stereocenters. The summed E-state index contributed by atoms with van der Waals surface area (Å²) < 4.78 is 0. The minimum absolute atomic E-state index is 0.156. The number of carbonyl (C=O) groups excluding carboxylic acids is 1. The summed E-state index contributed by atoms with van der Waals surface area (Å²) in [4.78, 5) is 44.8. The van der Waals surface area contributed by atoms with E-state index < -0.39 is 45.9 Å². The van der Waals surface area contributed by atoms with E-state index in [2.05, 4.69) is 0 Å². The first kappa shape index (κ1) is 16.8. The zero-order valence-electron chi connectivity index (χ0n) is 12.1. The summed E-state index contributed by atoms with van der Waals surface area (Å²) in [6.45, 7) is 0. The maximum Gasteiger partial charge on any atom is 0.336 e. The highest BCUT2D eigenvalue weighted by Gasteiger charge is 2.26. The van der Waals surface area contributed by atoms with Gasteiger partial charge >= 0.3 is 11.9 Å². The van der Waals surface area contributed by atoms with Gasteiger partial charge in [0, 0.05) is 23.6 Å². The van der Waals surface area contributed by atoms with E-state index in [-0.39, 0.29) is 5.56 Å². The van der Waals surface area contributed by atoms with Crippen molar-refractivity contribution in [3.8, 4) is 0 Å². The van der Waals surface area contributed by atoms with E-state index in [4.69, 9.17) is 10.2 Å². The van der Waals surface area contributed by atoms with Crippen LogP contribution in [0, 0.1) is 10.1 Å². The van der Waals surface area contributed by atoms with E-state index in [1.165, 1.54) is 12.1 Å². The molecule has 0 bridgehead atoms. The van der Waals surface area contributed by atoms with Crippen LogP contribution in [-0.4, -0.2) is 32.9 Å². The Hall–Kier alpha value is -3.55. The quantitative estimate of drug-likeness (QED) is 0.472. The molecule has 0 saturated heterocycles. The number of aromatic carboxylic acids is 2. The third kappa shape index (κ3) is 3.43. The SMILES string of the molecule is O=C(Cc1cc(C(=O)O)c(C(=O)O)cc1[N+](=O)[O-])c1ccccc1. The minimum Gasteiger partial charge on any atom is -0.478 e. The number of carbonyl (C=O) groups is 3. The van der Waals surface area contributed by atoms with Crippen LogP contribution in [0.3, 0.4) is 0 Å². The maximum atomic E-state index is 12.2. The summed E-state index contributed by atoms with van der Waals surface area (Å²) in [7, 11) is 0. The number of hydrogen-bond acceptors (Lipinski definition) is 5. The number of hydrogen-bond donors (Lipinski definition) is 2. The molecule has 0 fully saturated rings. The Morgan fingerprint density at radius 2 is 1.50 bits per heavy atom. The van der Waals surface area contributed by atoms with E-state index in [0.29, 0.717) is 11.6 Å². The third-order valence-electron chi connectivity index (χ3n) is 3.32. The molecule has 0 aliphatic carbocycles. The Morgan fingerprint density at radius 3 is 2.00 bits per heavy atom. The summed E-state index contributed by atoms with van der Waals surface area (Å²) in [5, 5.41) is 29.3. The third-order valence-corrected chi connectivity index (χ3v) is 3.32. The molecule has 24 heavy (non-hydrogen) atoms. The lowest BCUT2D eigenvalue weighted by molar-refractivity contribution is -0.385. The van der Waals surface area contributed by atoms with Crippen molar-refractivity contribution in [1.82, 2.24) is 0 Å². The Morgan fingerprint density at radius 1 is 0.958 bits per heavy atom. The summed E-state index contributed by atoms with van der Waals surface area (Å²) in [6, 6.07) is 9.53. The molecule has 2 N–H and O–H groups in total. The van der Waals surface area contributed by atoms with Gasteiger partial charge in [0.25, 0.3) is 5.69 Å². The molecule has 2 aromatic carbocycles. The summed E-state index contributed by atoms with van der Waals surface area (Å²) in [5.41, 5.74) is -1.77. The van der Waals surface area contributed by atoms with Crippen molar-refractivity contribution in [1.29, 1.82) is 0 Å².